The second kappa shape index (κ2) is 6.59. The molecule has 0 fully saturated rings. The quantitative estimate of drug-likeness (QED) is 0.857. The number of aryl methyl sites for hydroxylation is 2. The van der Waals surface area contributed by atoms with E-state index in [0.717, 1.165) is 44.0 Å². The predicted octanol–water partition coefficient (Wildman–Crippen LogP) is 1.94. The van der Waals surface area contributed by atoms with Crippen LogP contribution in [0.3, 0.4) is 0 Å². The maximum Gasteiger partial charge on any atom is 0.237 e. The van der Waals surface area contributed by atoms with E-state index in [9.17, 15) is 4.79 Å². The molecule has 6 nitrogen and oxygen atoms in total. The molecule has 0 N–H and O–H groups in total. The summed E-state index contributed by atoms with van der Waals surface area (Å²) < 4.78 is 2.14. The SMILES string of the molecule is Cc1nnc2n1CCN(CC(=O)N(C)[C@H]1CCCc3ccccc31)C2. The lowest BCUT2D eigenvalue weighted by Crippen LogP contribution is -2.43. The Kier molecular flexibility index (Phi) is 4.29. The Hall–Kier alpha value is -2.21. The second-order valence-electron chi connectivity index (χ2n) is 7.14. The zero-order valence-corrected chi connectivity index (χ0v) is 15.0. The van der Waals surface area contributed by atoms with Crippen LogP contribution in [0, 0.1) is 6.92 Å². The van der Waals surface area contributed by atoms with Crippen molar-refractivity contribution in [3.05, 3.63) is 47.0 Å². The van der Waals surface area contributed by atoms with Crippen LogP contribution in [0.4, 0.5) is 0 Å². The third-order valence-electron chi connectivity index (χ3n) is 5.57. The van der Waals surface area contributed by atoms with Crippen LogP contribution >= 0.6 is 0 Å². The maximum absolute atomic E-state index is 12.9. The monoisotopic (exact) mass is 339 g/mol. The van der Waals surface area contributed by atoms with Crippen LogP contribution in [0.25, 0.3) is 0 Å². The molecule has 1 aromatic heterocycles. The Morgan fingerprint density at radius 2 is 2.12 bits per heavy atom. The number of carbonyl (C=O) groups excluding carboxylic acids is 1. The van der Waals surface area contributed by atoms with Gasteiger partial charge < -0.3 is 9.47 Å². The molecule has 0 saturated carbocycles. The zero-order valence-electron chi connectivity index (χ0n) is 15.0. The summed E-state index contributed by atoms with van der Waals surface area (Å²) in [6.45, 7) is 4.85. The van der Waals surface area contributed by atoms with Gasteiger partial charge in [0.1, 0.15) is 11.6 Å². The molecule has 1 aromatic carbocycles. The van der Waals surface area contributed by atoms with E-state index < -0.39 is 0 Å². The lowest BCUT2D eigenvalue weighted by atomic mass is 9.87. The van der Waals surface area contributed by atoms with Gasteiger partial charge in [0.05, 0.1) is 19.1 Å². The molecule has 132 valence electrons. The molecule has 1 atom stereocenters. The maximum atomic E-state index is 12.9. The number of hydrogen-bond donors (Lipinski definition) is 0. The molecule has 0 unspecified atom stereocenters. The highest BCUT2D eigenvalue weighted by Crippen LogP contribution is 2.33. The number of aromatic nitrogens is 3. The van der Waals surface area contributed by atoms with Crippen molar-refractivity contribution >= 4 is 5.91 Å². The number of carbonyl (C=O) groups is 1. The highest BCUT2D eigenvalue weighted by Gasteiger charge is 2.28. The Labute approximate surface area is 148 Å². The first kappa shape index (κ1) is 16.3. The first-order valence-electron chi connectivity index (χ1n) is 9.08. The van der Waals surface area contributed by atoms with Gasteiger partial charge in [0.2, 0.25) is 5.91 Å². The van der Waals surface area contributed by atoms with Gasteiger partial charge in [0.15, 0.2) is 0 Å². The molecule has 0 bridgehead atoms. The normalized spacial score (nSPS) is 20.0. The Bertz CT molecular complexity index is 784. The lowest BCUT2D eigenvalue weighted by molar-refractivity contribution is -0.134. The summed E-state index contributed by atoms with van der Waals surface area (Å²) in [6, 6.07) is 8.74. The van der Waals surface area contributed by atoms with Crippen molar-refractivity contribution in [2.75, 3.05) is 20.1 Å². The predicted molar refractivity (Wildman–Crippen MR) is 94.9 cm³/mol. The molecule has 2 aliphatic rings. The summed E-state index contributed by atoms with van der Waals surface area (Å²) in [5.74, 6) is 2.10. The summed E-state index contributed by atoms with van der Waals surface area (Å²) in [4.78, 5) is 17.0. The number of benzene rings is 1. The lowest BCUT2D eigenvalue weighted by Gasteiger charge is -2.35. The van der Waals surface area contributed by atoms with Crippen LogP contribution in [0.1, 0.15) is 41.7 Å². The van der Waals surface area contributed by atoms with Crippen LogP contribution in [0.2, 0.25) is 0 Å². The van der Waals surface area contributed by atoms with Gasteiger partial charge in [-0.3, -0.25) is 9.69 Å². The summed E-state index contributed by atoms with van der Waals surface area (Å²) >= 11 is 0. The van der Waals surface area contributed by atoms with E-state index in [1.54, 1.807) is 0 Å². The molecular formula is C19H25N5O. The Morgan fingerprint density at radius 1 is 1.28 bits per heavy atom. The van der Waals surface area contributed by atoms with E-state index in [1.807, 2.05) is 18.9 Å². The van der Waals surface area contributed by atoms with E-state index in [2.05, 4.69) is 43.9 Å². The molecule has 25 heavy (non-hydrogen) atoms. The highest BCUT2D eigenvalue weighted by atomic mass is 16.2. The largest absolute Gasteiger partial charge is 0.338 e. The topological polar surface area (TPSA) is 54.3 Å². The molecule has 6 heteroatoms. The third-order valence-corrected chi connectivity index (χ3v) is 5.57. The van der Waals surface area contributed by atoms with Crippen molar-refractivity contribution in [1.29, 1.82) is 0 Å². The van der Waals surface area contributed by atoms with Gasteiger partial charge in [-0.25, -0.2) is 0 Å². The molecular weight excluding hydrogens is 314 g/mol. The summed E-state index contributed by atoms with van der Waals surface area (Å²) in [7, 11) is 1.95. The van der Waals surface area contributed by atoms with Crippen LogP contribution in [0.5, 0.6) is 0 Å². The Balaban J connectivity index is 1.44. The number of nitrogens with zero attached hydrogens (tertiary/aromatic N) is 5. The van der Waals surface area contributed by atoms with Gasteiger partial charge in [0, 0.05) is 20.1 Å². The van der Waals surface area contributed by atoms with E-state index in [0.29, 0.717) is 13.1 Å². The van der Waals surface area contributed by atoms with Crippen molar-refractivity contribution in [1.82, 2.24) is 24.6 Å². The summed E-state index contributed by atoms with van der Waals surface area (Å²) in [5, 5.41) is 8.36. The van der Waals surface area contributed by atoms with Gasteiger partial charge in [-0.15, -0.1) is 10.2 Å². The first-order valence-corrected chi connectivity index (χ1v) is 9.08. The van der Waals surface area contributed by atoms with Crippen molar-refractivity contribution in [2.45, 2.75) is 45.3 Å². The minimum Gasteiger partial charge on any atom is -0.338 e. The fraction of sp³-hybridized carbons (Fsp3) is 0.526. The number of likely N-dealkylation sites (N-methyl/N-ethyl adjacent to an activating group) is 1. The molecule has 4 rings (SSSR count). The number of hydrogen-bond acceptors (Lipinski definition) is 4. The van der Waals surface area contributed by atoms with E-state index in [4.69, 9.17) is 0 Å². The minimum absolute atomic E-state index is 0.186. The number of amides is 1. The van der Waals surface area contributed by atoms with Crippen molar-refractivity contribution in [3.8, 4) is 0 Å². The Morgan fingerprint density at radius 3 is 3.00 bits per heavy atom. The van der Waals surface area contributed by atoms with Crippen molar-refractivity contribution in [2.24, 2.45) is 0 Å². The highest BCUT2D eigenvalue weighted by molar-refractivity contribution is 5.78. The summed E-state index contributed by atoms with van der Waals surface area (Å²) in [5.41, 5.74) is 2.71. The fourth-order valence-electron chi connectivity index (χ4n) is 4.10. The zero-order chi connectivity index (χ0) is 17.4. The van der Waals surface area contributed by atoms with Gasteiger partial charge >= 0.3 is 0 Å². The van der Waals surface area contributed by atoms with Gasteiger partial charge in [-0.1, -0.05) is 24.3 Å². The van der Waals surface area contributed by atoms with Gasteiger partial charge in [-0.2, -0.15) is 0 Å². The van der Waals surface area contributed by atoms with Gasteiger partial charge in [0.25, 0.3) is 0 Å². The van der Waals surface area contributed by atoms with Gasteiger partial charge in [-0.05, 0) is 37.3 Å². The number of rotatable bonds is 3. The molecule has 1 aliphatic carbocycles. The average molecular weight is 339 g/mol. The average Bonchev–Trinajstić information content (AvgIpc) is 3.01. The van der Waals surface area contributed by atoms with Crippen LogP contribution in [-0.2, 0) is 24.3 Å². The fourth-order valence-corrected chi connectivity index (χ4v) is 4.10. The van der Waals surface area contributed by atoms with Crippen LogP contribution in [0.15, 0.2) is 24.3 Å². The van der Waals surface area contributed by atoms with E-state index in [1.165, 1.54) is 11.1 Å². The number of fused-ring (bicyclic) bond motifs is 2. The standard InChI is InChI=1S/C19H25N5O/c1-14-20-21-18-12-23(10-11-24(14)18)13-19(25)22(2)17-9-5-7-15-6-3-4-8-16(15)17/h3-4,6,8,17H,5,7,9-13H2,1-2H3/t17-/m0/s1. The van der Waals surface area contributed by atoms with Crippen molar-refractivity contribution in [3.63, 3.8) is 0 Å². The van der Waals surface area contributed by atoms with Crippen molar-refractivity contribution < 1.29 is 4.79 Å². The van der Waals surface area contributed by atoms with E-state index >= 15 is 0 Å². The molecule has 1 amide bonds. The smallest absolute Gasteiger partial charge is 0.237 e. The summed E-state index contributed by atoms with van der Waals surface area (Å²) in [6.07, 6.45) is 3.31. The second-order valence-corrected chi connectivity index (χ2v) is 7.14. The van der Waals surface area contributed by atoms with Crippen LogP contribution < -0.4 is 0 Å². The minimum atomic E-state index is 0.186. The molecule has 2 heterocycles. The van der Waals surface area contributed by atoms with E-state index in [-0.39, 0.29) is 11.9 Å². The molecule has 0 spiro atoms. The molecule has 1 aliphatic heterocycles. The molecule has 2 aromatic rings. The molecule has 0 saturated heterocycles. The first-order chi connectivity index (χ1) is 12.1. The van der Waals surface area contributed by atoms with Crippen LogP contribution in [-0.4, -0.2) is 50.6 Å². The molecule has 0 radical (unpaired) electrons. The third kappa shape index (κ3) is 3.06.